The Labute approximate surface area is 95.1 Å². The Morgan fingerprint density at radius 2 is 2.38 bits per heavy atom. The maximum Gasteiger partial charge on any atom is 0.245 e. The summed E-state index contributed by atoms with van der Waals surface area (Å²) < 4.78 is 5.39. The quantitative estimate of drug-likeness (QED) is 0.679. The van der Waals surface area contributed by atoms with Crippen molar-refractivity contribution < 1.29 is 14.3 Å². The Hall–Kier alpha value is -1.10. The third-order valence-corrected chi connectivity index (χ3v) is 3.08. The van der Waals surface area contributed by atoms with Crippen molar-refractivity contribution in [2.75, 3.05) is 19.7 Å². The Morgan fingerprint density at radius 1 is 1.56 bits per heavy atom. The van der Waals surface area contributed by atoms with E-state index in [-0.39, 0.29) is 24.0 Å². The van der Waals surface area contributed by atoms with Crippen molar-refractivity contribution in [2.24, 2.45) is 0 Å². The van der Waals surface area contributed by atoms with Crippen LogP contribution in [0.2, 0.25) is 0 Å². The van der Waals surface area contributed by atoms with E-state index in [1.165, 1.54) is 0 Å². The number of amides is 2. The van der Waals surface area contributed by atoms with Crippen LogP contribution >= 0.6 is 0 Å². The molecular weight excluding hydrogens is 208 g/mol. The van der Waals surface area contributed by atoms with E-state index >= 15 is 0 Å². The standard InChI is InChI=1S/C11H18N2O3/c1-8-7-13(5-6-16-8)11(15)9-3-2-4-10(14)12-9/h8-9H,2-7H2,1H3,(H,12,14)/t8?,9-/m1/s1. The fourth-order valence-corrected chi connectivity index (χ4v) is 2.23. The van der Waals surface area contributed by atoms with Crippen molar-refractivity contribution in [1.82, 2.24) is 10.2 Å². The van der Waals surface area contributed by atoms with E-state index in [1.807, 2.05) is 6.92 Å². The Balaban J connectivity index is 1.92. The predicted molar refractivity (Wildman–Crippen MR) is 57.8 cm³/mol. The van der Waals surface area contributed by atoms with Crippen LogP contribution < -0.4 is 5.32 Å². The molecule has 0 aromatic rings. The minimum Gasteiger partial charge on any atom is -0.375 e. The smallest absolute Gasteiger partial charge is 0.245 e. The van der Waals surface area contributed by atoms with Crippen LogP contribution in [0.25, 0.3) is 0 Å². The summed E-state index contributed by atoms with van der Waals surface area (Å²) in [6.07, 6.45) is 2.21. The van der Waals surface area contributed by atoms with Crippen molar-refractivity contribution >= 4 is 11.8 Å². The van der Waals surface area contributed by atoms with Crippen LogP contribution in [0.15, 0.2) is 0 Å². The Morgan fingerprint density at radius 3 is 3.06 bits per heavy atom. The van der Waals surface area contributed by atoms with Crippen LogP contribution in [0.5, 0.6) is 0 Å². The van der Waals surface area contributed by atoms with E-state index in [9.17, 15) is 9.59 Å². The number of carbonyl (C=O) groups is 2. The van der Waals surface area contributed by atoms with Crippen LogP contribution in [-0.4, -0.2) is 48.6 Å². The molecule has 90 valence electrons. The first-order valence-corrected chi connectivity index (χ1v) is 5.86. The molecule has 0 bridgehead atoms. The molecule has 2 heterocycles. The van der Waals surface area contributed by atoms with Crippen LogP contribution in [-0.2, 0) is 14.3 Å². The van der Waals surface area contributed by atoms with Gasteiger partial charge in [-0.25, -0.2) is 0 Å². The van der Waals surface area contributed by atoms with Crippen molar-refractivity contribution in [3.05, 3.63) is 0 Å². The highest BCUT2D eigenvalue weighted by Crippen LogP contribution is 2.13. The third kappa shape index (κ3) is 2.52. The summed E-state index contributed by atoms with van der Waals surface area (Å²) in [5.41, 5.74) is 0. The van der Waals surface area contributed by atoms with Crippen molar-refractivity contribution in [1.29, 1.82) is 0 Å². The second kappa shape index (κ2) is 4.82. The number of rotatable bonds is 1. The van der Waals surface area contributed by atoms with E-state index in [0.717, 1.165) is 12.8 Å². The van der Waals surface area contributed by atoms with Crippen molar-refractivity contribution in [3.8, 4) is 0 Å². The van der Waals surface area contributed by atoms with Crippen molar-refractivity contribution in [2.45, 2.75) is 38.3 Å². The molecule has 2 aliphatic heterocycles. The van der Waals surface area contributed by atoms with Crippen LogP contribution in [0.3, 0.4) is 0 Å². The molecule has 0 aromatic carbocycles. The number of carbonyl (C=O) groups excluding carboxylic acids is 2. The first kappa shape index (κ1) is 11.4. The molecule has 1 N–H and O–H groups in total. The second-order valence-electron chi connectivity index (χ2n) is 4.48. The number of piperidine rings is 1. The first-order chi connectivity index (χ1) is 7.66. The number of hydrogen-bond acceptors (Lipinski definition) is 3. The zero-order valence-corrected chi connectivity index (χ0v) is 9.57. The van der Waals surface area contributed by atoms with Gasteiger partial charge in [0.05, 0.1) is 12.7 Å². The van der Waals surface area contributed by atoms with Crippen molar-refractivity contribution in [3.63, 3.8) is 0 Å². The second-order valence-corrected chi connectivity index (χ2v) is 4.48. The molecule has 2 atom stereocenters. The lowest BCUT2D eigenvalue weighted by atomic mass is 10.0. The molecule has 1 unspecified atom stereocenters. The summed E-state index contributed by atoms with van der Waals surface area (Å²) in [7, 11) is 0. The number of morpholine rings is 1. The zero-order valence-electron chi connectivity index (χ0n) is 9.57. The highest BCUT2D eigenvalue weighted by atomic mass is 16.5. The summed E-state index contributed by atoms with van der Waals surface area (Å²) in [5.74, 6) is 0.0362. The van der Waals surface area contributed by atoms with Gasteiger partial charge < -0.3 is 15.0 Å². The lowest BCUT2D eigenvalue weighted by molar-refractivity contribution is -0.143. The van der Waals surface area contributed by atoms with E-state index < -0.39 is 0 Å². The van der Waals surface area contributed by atoms with E-state index in [1.54, 1.807) is 4.90 Å². The zero-order chi connectivity index (χ0) is 11.5. The molecule has 2 rings (SSSR count). The molecule has 5 heteroatoms. The average molecular weight is 226 g/mol. The van der Waals surface area contributed by atoms with Gasteiger partial charge in [-0.2, -0.15) is 0 Å². The van der Waals surface area contributed by atoms with Crippen LogP contribution in [0, 0.1) is 0 Å². The summed E-state index contributed by atoms with van der Waals surface area (Å²) in [6, 6.07) is -0.313. The lowest BCUT2D eigenvalue weighted by Gasteiger charge is -2.34. The minimum absolute atomic E-state index is 0.00842. The molecular formula is C11H18N2O3. The predicted octanol–water partition coefficient (Wildman–Crippen LogP) is -0.0976. The van der Waals surface area contributed by atoms with E-state index in [4.69, 9.17) is 4.74 Å². The summed E-state index contributed by atoms with van der Waals surface area (Å²) in [4.78, 5) is 25.1. The van der Waals surface area contributed by atoms with Gasteiger partial charge in [-0.15, -0.1) is 0 Å². The summed E-state index contributed by atoms with van der Waals surface area (Å²) >= 11 is 0. The third-order valence-electron chi connectivity index (χ3n) is 3.08. The maximum absolute atomic E-state index is 12.1. The van der Waals surface area contributed by atoms with Gasteiger partial charge in [0.2, 0.25) is 11.8 Å². The highest BCUT2D eigenvalue weighted by molar-refractivity contribution is 5.88. The van der Waals surface area contributed by atoms with Gasteiger partial charge in [-0.05, 0) is 19.8 Å². The maximum atomic E-state index is 12.1. The van der Waals surface area contributed by atoms with Gasteiger partial charge in [0.1, 0.15) is 6.04 Å². The van der Waals surface area contributed by atoms with Gasteiger partial charge in [-0.3, -0.25) is 9.59 Å². The lowest BCUT2D eigenvalue weighted by Crippen LogP contribution is -2.54. The normalized spacial score (nSPS) is 31.1. The van der Waals surface area contributed by atoms with Crippen LogP contribution in [0.1, 0.15) is 26.2 Å². The first-order valence-electron chi connectivity index (χ1n) is 5.86. The molecule has 0 aromatic heterocycles. The summed E-state index contributed by atoms with van der Waals surface area (Å²) in [5, 5.41) is 2.76. The fraction of sp³-hybridized carbons (Fsp3) is 0.818. The molecule has 16 heavy (non-hydrogen) atoms. The monoisotopic (exact) mass is 226 g/mol. The van der Waals surface area contributed by atoms with E-state index in [0.29, 0.717) is 26.1 Å². The minimum atomic E-state index is -0.313. The van der Waals surface area contributed by atoms with Gasteiger partial charge >= 0.3 is 0 Å². The average Bonchev–Trinajstić information content (AvgIpc) is 2.28. The molecule has 0 spiro atoms. The topological polar surface area (TPSA) is 58.6 Å². The number of nitrogens with zero attached hydrogens (tertiary/aromatic N) is 1. The fourth-order valence-electron chi connectivity index (χ4n) is 2.23. The van der Waals surface area contributed by atoms with Gasteiger partial charge in [-0.1, -0.05) is 0 Å². The molecule has 0 radical (unpaired) electrons. The van der Waals surface area contributed by atoms with Crippen LogP contribution in [0.4, 0.5) is 0 Å². The van der Waals surface area contributed by atoms with Gasteiger partial charge in [0, 0.05) is 19.5 Å². The van der Waals surface area contributed by atoms with Gasteiger partial charge in [0.15, 0.2) is 0 Å². The summed E-state index contributed by atoms with van der Waals surface area (Å²) in [6.45, 7) is 3.81. The largest absolute Gasteiger partial charge is 0.375 e. The molecule has 2 amide bonds. The van der Waals surface area contributed by atoms with E-state index in [2.05, 4.69) is 5.32 Å². The molecule has 2 saturated heterocycles. The Kier molecular flexibility index (Phi) is 3.43. The number of hydrogen-bond donors (Lipinski definition) is 1. The number of ether oxygens (including phenoxy) is 1. The Bertz CT molecular complexity index is 293. The van der Waals surface area contributed by atoms with Gasteiger partial charge in [0.25, 0.3) is 0 Å². The molecule has 0 saturated carbocycles. The SMILES string of the molecule is CC1CN(C(=O)[C@H]2CCCC(=O)N2)CCO1. The molecule has 2 aliphatic rings. The highest BCUT2D eigenvalue weighted by Gasteiger charge is 2.30. The number of nitrogens with one attached hydrogen (secondary N) is 1. The molecule has 0 aliphatic carbocycles. The molecule has 5 nitrogen and oxygen atoms in total. The molecule has 2 fully saturated rings.